The highest BCUT2D eigenvalue weighted by Crippen LogP contribution is 2.36. The highest BCUT2D eigenvalue weighted by molar-refractivity contribution is 5.80. The number of hydrogen-bond donors (Lipinski definition) is 2. The van der Waals surface area contributed by atoms with Crippen LogP contribution in [0.4, 0.5) is 4.79 Å². The van der Waals surface area contributed by atoms with Crippen molar-refractivity contribution in [2.24, 2.45) is 5.41 Å². The maximum absolute atomic E-state index is 12.9. The molecule has 0 bridgehead atoms. The van der Waals surface area contributed by atoms with Crippen molar-refractivity contribution in [2.45, 2.75) is 18.9 Å². The first-order valence-corrected chi connectivity index (χ1v) is 9.07. The highest BCUT2D eigenvalue weighted by Gasteiger charge is 2.45. The number of carbonyl (C=O) groups is 2. The molecule has 2 aromatic carbocycles. The molecule has 0 radical (unpaired) electrons. The first-order valence-electron chi connectivity index (χ1n) is 9.07. The first kappa shape index (κ1) is 16.6. The fraction of sp³-hybridized carbons (Fsp3) is 0.333. The van der Waals surface area contributed by atoms with Gasteiger partial charge in [-0.3, -0.25) is 4.79 Å². The highest BCUT2D eigenvalue weighted by atomic mass is 16.2. The summed E-state index contributed by atoms with van der Waals surface area (Å²) in [5.41, 5.74) is 2.03. The van der Waals surface area contributed by atoms with Gasteiger partial charge < -0.3 is 15.5 Å². The van der Waals surface area contributed by atoms with Gasteiger partial charge in [-0.15, -0.1) is 0 Å². The van der Waals surface area contributed by atoms with Crippen molar-refractivity contribution in [3.63, 3.8) is 0 Å². The number of amides is 3. The van der Waals surface area contributed by atoms with Gasteiger partial charge in [-0.25, -0.2) is 4.79 Å². The third-order valence-corrected chi connectivity index (χ3v) is 5.46. The molecule has 3 amide bonds. The van der Waals surface area contributed by atoms with Crippen molar-refractivity contribution >= 4 is 11.9 Å². The summed E-state index contributed by atoms with van der Waals surface area (Å²) in [6.07, 6.45) is 1.40. The van der Waals surface area contributed by atoms with Gasteiger partial charge in [-0.05, 0) is 17.5 Å². The van der Waals surface area contributed by atoms with Crippen molar-refractivity contribution in [2.75, 3.05) is 19.6 Å². The molecule has 1 atom stereocenters. The molecule has 134 valence electrons. The Morgan fingerprint density at radius 1 is 1.04 bits per heavy atom. The molecule has 2 aliphatic heterocycles. The predicted molar refractivity (Wildman–Crippen MR) is 99.5 cm³/mol. The summed E-state index contributed by atoms with van der Waals surface area (Å²) in [5.74, 6) is 0.0960. The van der Waals surface area contributed by atoms with Crippen LogP contribution in [0.3, 0.4) is 0 Å². The Bertz CT molecular complexity index is 754. The lowest BCUT2D eigenvalue weighted by Crippen LogP contribution is -2.42. The number of likely N-dealkylation sites (tertiary alicyclic amines) is 1. The van der Waals surface area contributed by atoms with E-state index in [9.17, 15) is 9.59 Å². The van der Waals surface area contributed by atoms with Gasteiger partial charge in [0.15, 0.2) is 0 Å². The average Bonchev–Trinajstić information content (AvgIpc) is 3.27. The molecule has 2 heterocycles. The molecule has 0 aromatic heterocycles. The van der Waals surface area contributed by atoms with E-state index in [0.29, 0.717) is 26.1 Å². The second kappa shape index (κ2) is 6.83. The lowest BCUT2D eigenvalue weighted by molar-refractivity contribution is -0.119. The van der Waals surface area contributed by atoms with Gasteiger partial charge in [-0.2, -0.15) is 0 Å². The van der Waals surface area contributed by atoms with E-state index in [-0.39, 0.29) is 23.4 Å². The molecule has 5 heteroatoms. The van der Waals surface area contributed by atoms with Crippen molar-refractivity contribution < 1.29 is 9.59 Å². The van der Waals surface area contributed by atoms with Crippen LogP contribution >= 0.6 is 0 Å². The van der Waals surface area contributed by atoms with Gasteiger partial charge >= 0.3 is 6.03 Å². The maximum atomic E-state index is 12.9. The first-order chi connectivity index (χ1) is 12.7. The Labute approximate surface area is 153 Å². The number of hydrogen-bond acceptors (Lipinski definition) is 2. The maximum Gasteiger partial charge on any atom is 0.318 e. The Morgan fingerprint density at radius 3 is 2.19 bits per heavy atom. The largest absolute Gasteiger partial charge is 0.355 e. The van der Waals surface area contributed by atoms with Gasteiger partial charge in [0.05, 0.1) is 6.04 Å². The summed E-state index contributed by atoms with van der Waals surface area (Å²) in [5, 5.41) is 6.10. The summed E-state index contributed by atoms with van der Waals surface area (Å²) >= 11 is 0. The zero-order valence-electron chi connectivity index (χ0n) is 14.7. The summed E-state index contributed by atoms with van der Waals surface area (Å²) in [7, 11) is 0. The monoisotopic (exact) mass is 349 g/mol. The minimum Gasteiger partial charge on any atom is -0.355 e. The molecular formula is C21H23N3O2. The Hall–Kier alpha value is -2.82. The van der Waals surface area contributed by atoms with Crippen LogP contribution in [0.5, 0.6) is 0 Å². The summed E-state index contributed by atoms with van der Waals surface area (Å²) in [6.45, 7) is 2.00. The Balaban J connectivity index is 1.51. The van der Waals surface area contributed by atoms with Crippen molar-refractivity contribution in [3.05, 3.63) is 71.8 Å². The van der Waals surface area contributed by atoms with Crippen LogP contribution in [0.25, 0.3) is 0 Å². The fourth-order valence-electron chi connectivity index (χ4n) is 4.01. The molecule has 2 saturated heterocycles. The van der Waals surface area contributed by atoms with Gasteiger partial charge in [0.1, 0.15) is 0 Å². The molecule has 1 unspecified atom stereocenters. The second-order valence-corrected chi connectivity index (χ2v) is 7.33. The van der Waals surface area contributed by atoms with E-state index in [1.165, 1.54) is 0 Å². The molecule has 2 aliphatic rings. The number of rotatable bonds is 3. The van der Waals surface area contributed by atoms with Crippen molar-refractivity contribution in [1.82, 2.24) is 15.5 Å². The van der Waals surface area contributed by atoms with Crippen LogP contribution < -0.4 is 10.6 Å². The van der Waals surface area contributed by atoms with Crippen LogP contribution in [-0.4, -0.2) is 36.5 Å². The van der Waals surface area contributed by atoms with Gasteiger partial charge in [0, 0.05) is 31.5 Å². The smallest absolute Gasteiger partial charge is 0.318 e. The average molecular weight is 349 g/mol. The summed E-state index contributed by atoms with van der Waals surface area (Å²) in [4.78, 5) is 26.4. The van der Waals surface area contributed by atoms with Crippen LogP contribution in [0.2, 0.25) is 0 Å². The van der Waals surface area contributed by atoms with Crippen LogP contribution in [0.1, 0.15) is 30.0 Å². The Kier molecular flexibility index (Phi) is 4.37. The van der Waals surface area contributed by atoms with E-state index < -0.39 is 0 Å². The number of urea groups is 1. The lowest BCUT2D eigenvalue weighted by Gasteiger charge is -2.26. The molecular weight excluding hydrogens is 326 g/mol. The zero-order chi connectivity index (χ0) is 18.0. The quantitative estimate of drug-likeness (QED) is 0.895. The second-order valence-electron chi connectivity index (χ2n) is 7.33. The SMILES string of the molecule is O=C1CC2(CCN(C(=O)NC(c3ccccc3)c3ccccc3)C2)CN1. The standard InChI is InChI=1S/C21H23N3O2/c25-18-13-21(14-22-18)11-12-24(15-21)20(26)23-19(16-7-3-1-4-8-16)17-9-5-2-6-10-17/h1-10,19H,11-15H2,(H,22,25)(H,23,26). The molecule has 0 saturated carbocycles. The fourth-order valence-corrected chi connectivity index (χ4v) is 4.01. The zero-order valence-corrected chi connectivity index (χ0v) is 14.7. The molecule has 26 heavy (non-hydrogen) atoms. The molecule has 2 N–H and O–H groups in total. The van der Waals surface area contributed by atoms with Gasteiger partial charge in [-0.1, -0.05) is 60.7 Å². The number of carbonyl (C=O) groups excluding carboxylic acids is 2. The summed E-state index contributed by atoms with van der Waals surface area (Å²) < 4.78 is 0. The van der Waals surface area contributed by atoms with Gasteiger partial charge in [0.2, 0.25) is 5.91 Å². The van der Waals surface area contributed by atoms with Crippen molar-refractivity contribution in [3.8, 4) is 0 Å². The molecule has 4 rings (SSSR count). The number of benzene rings is 2. The molecule has 2 aromatic rings. The predicted octanol–water partition coefficient (Wildman–Crippen LogP) is 2.70. The third-order valence-electron chi connectivity index (χ3n) is 5.46. The van der Waals surface area contributed by atoms with E-state index in [0.717, 1.165) is 17.5 Å². The summed E-state index contributed by atoms with van der Waals surface area (Å²) in [6, 6.07) is 19.7. The molecule has 5 nitrogen and oxygen atoms in total. The number of nitrogens with zero attached hydrogens (tertiary/aromatic N) is 1. The lowest BCUT2D eigenvalue weighted by atomic mass is 9.86. The van der Waals surface area contributed by atoms with Crippen LogP contribution in [-0.2, 0) is 4.79 Å². The molecule has 0 aliphatic carbocycles. The van der Waals surface area contributed by atoms with Crippen LogP contribution in [0.15, 0.2) is 60.7 Å². The number of nitrogens with one attached hydrogen (secondary N) is 2. The minimum absolute atomic E-state index is 0.0704. The molecule has 1 spiro atoms. The van der Waals surface area contributed by atoms with E-state index in [4.69, 9.17) is 0 Å². The van der Waals surface area contributed by atoms with E-state index >= 15 is 0 Å². The third kappa shape index (κ3) is 3.29. The van der Waals surface area contributed by atoms with E-state index in [2.05, 4.69) is 10.6 Å². The normalized spacial score (nSPS) is 22.0. The van der Waals surface area contributed by atoms with E-state index in [1.54, 1.807) is 0 Å². The van der Waals surface area contributed by atoms with Crippen molar-refractivity contribution in [1.29, 1.82) is 0 Å². The molecule has 2 fully saturated rings. The van der Waals surface area contributed by atoms with Gasteiger partial charge in [0.25, 0.3) is 0 Å². The minimum atomic E-state index is -0.190. The van der Waals surface area contributed by atoms with Crippen LogP contribution in [0, 0.1) is 5.41 Å². The Morgan fingerprint density at radius 2 is 1.65 bits per heavy atom. The van der Waals surface area contributed by atoms with E-state index in [1.807, 2.05) is 65.6 Å². The topological polar surface area (TPSA) is 61.4 Å².